The summed E-state index contributed by atoms with van der Waals surface area (Å²) in [7, 11) is 4.24. The van der Waals surface area contributed by atoms with Gasteiger partial charge in [-0.15, -0.1) is 0 Å². The van der Waals surface area contributed by atoms with Crippen molar-refractivity contribution in [1.82, 2.24) is 0 Å². The number of ether oxygens (including phenoxy) is 4. The van der Waals surface area contributed by atoms with Crippen molar-refractivity contribution in [2.45, 2.75) is 0 Å². The number of carbonyl (C=O) groups excluding carboxylic acids is 2. The fraction of sp³-hybridized carbons (Fsp3) is 0.222. The number of Topliss-reactive ketones (excluding diaryl/α,β-unsaturated/α-hetero) is 1. The molecule has 0 spiro atoms. The first-order valence-corrected chi connectivity index (χ1v) is 7.26. The summed E-state index contributed by atoms with van der Waals surface area (Å²) in [6.07, 6.45) is 0. The number of ketones is 1. The number of methoxy groups -OCH3 is 3. The lowest BCUT2D eigenvalue weighted by molar-refractivity contribution is 0.0470. The van der Waals surface area contributed by atoms with E-state index in [0.29, 0.717) is 11.5 Å². The van der Waals surface area contributed by atoms with E-state index in [1.54, 1.807) is 0 Å². The summed E-state index contributed by atoms with van der Waals surface area (Å²) in [5.74, 6) is -1.25. The van der Waals surface area contributed by atoms with Crippen molar-refractivity contribution >= 4 is 11.8 Å². The second kappa shape index (κ2) is 8.14. The standard InChI is InChI=1S/C18H17FO6/c1-22-15-9-17(24-3)16(23-2)8-12(15)18(21)25-10-14(20)11-6-4-5-7-13(11)19/h4-9H,10H2,1-3H3. The maximum Gasteiger partial charge on any atom is 0.342 e. The van der Waals surface area contributed by atoms with Gasteiger partial charge in [-0.05, 0) is 12.1 Å². The summed E-state index contributed by atoms with van der Waals surface area (Å²) in [6, 6.07) is 8.32. The van der Waals surface area contributed by atoms with E-state index < -0.39 is 24.2 Å². The smallest absolute Gasteiger partial charge is 0.342 e. The highest BCUT2D eigenvalue weighted by Crippen LogP contribution is 2.34. The Bertz CT molecular complexity index is 787. The Morgan fingerprint density at radius 1 is 0.880 bits per heavy atom. The van der Waals surface area contributed by atoms with Gasteiger partial charge >= 0.3 is 5.97 Å². The summed E-state index contributed by atoms with van der Waals surface area (Å²) in [5.41, 5.74) is -0.0870. The SMILES string of the molecule is COc1cc(OC)c(C(=O)OCC(=O)c2ccccc2F)cc1OC. The quantitative estimate of drug-likeness (QED) is 0.566. The molecule has 0 fully saturated rings. The van der Waals surface area contributed by atoms with Gasteiger partial charge in [-0.2, -0.15) is 0 Å². The van der Waals surface area contributed by atoms with Crippen molar-refractivity contribution in [3.05, 3.63) is 53.3 Å². The van der Waals surface area contributed by atoms with E-state index >= 15 is 0 Å². The molecule has 0 atom stereocenters. The van der Waals surface area contributed by atoms with Gasteiger partial charge in [-0.25, -0.2) is 9.18 Å². The maximum atomic E-state index is 13.6. The van der Waals surface area contributed by atoms with Crippen molar-refractivity contribution in [2.24, 2.45) is 0 Å². The van der Waals surface area contributed by atoms with Gasteiger partial charge in [-0.1, -0.05) is 12.1 Å². The van der Waals surface area contributed by atoms with E-state index in [0.717, 1.165) is 6.07 Å². The van der Waals surface area contributed by atoms with Gasteiger partial charge in [-0.3, -0.25) is 4.79 Å². The van der Waals surface area contributed by atoms with Crippen LogP contribution in [0.1, 0.15) is 20.7 Å². The van der Waals surface area contributed by atoms with Crippen molar-refractivity contribution < 1.29 is 32.9 Å². The molecule has 6 nitrogen and oxygen atoms in total. The largest absolute Gasteiger partial charge is 0.496 e. The van der Waals surface area contributed by atoms with Crippen LogP contribution >= 0.6 is 0 Å². The molecule has 0 N–H and O–H groups in total. The van der Waals surface area contributed by atoms with Crippen LogP contribution in [0.4, 0.5) is 4.39 Å². The van der Waals surface area contributed by atoms with Crippen LogP contribution in [-0.4, -0.2) is 39.7 Å². The molecule has 0 aliphatic heterocycles. The molecule has 0 unspecified atom stereocenters. The molecular formula is C18H17FO6. The average Bonchev–Trinajstić information content (AvgIpc) is 2.64. The summed E-state index contributed by atoms with van der Waals surface area (Å²) in [5, 5.41) is 0. The first-order valence-electron chi connectivity index (χ1n) is 7.26. The first-order chi connectivity index (χ1) is 12.0. The lowest BCUT2D eigenvalue weighted by Gasteiger charge is -2.13. The van der Waals surface area contributed by atoms with Crippen molar-refractivity contribution in [3.63, 3.8) is 0 Å². The third kappa shape index (κ3) is 4.06. The summed E-state index contributed by atoms with van der Waals surface area (Å²) >= 11 is 0. The molecule has 0 amide bonds. The molecule has 25 heavy (non-hydrogen) atoms. The zero-order valence-corrected chi connectivity index (χ0v) is 14.0. The van der Waals surface area contributed by atoms with E-state index in [4.69, 9.17) is 18.9 Å². The molecule has 0 radical (unpaired) electrons. The van der Waals surface area contributed by atoms with Crippen molar-refractivity contribution in [1.29, 1.82) is 0 Å². The molecule has 2 aromatic carbocycles. The second-order valence-electron chi connectivity index (χ2n) is 4.89. The minimum atomic E-state index is -0.803. The monoisotopic (exact) mass is 348 g/mol. The van der Waals surface area contributed by atoms with Crippen LogP contribution in [-0.2, 0) is 4.74 Å². The zero-order chi connectivity index (χ0) is 18.4. The molecule has 2 rings (SSSR count). The zero-order valence-electron chi connectivity index (χ0n) is 14.0. The Labute approximate surface area is 144 Å². The number of hydrogen-bond donors (Lipinski definition) is 0. The van der Waals surface area contributed by atoms with Crippen LogP contribution < -0.4 is 14.2 Å². The van der Waals surface area contributed by atoms with Crippen molar-refractivity contribution in [2.75, 3.05) is 27.9 Å². The highest BCUT2D eigenvalue weighted by Gasteiger charge is 2.20. The highest BCUT2D eigenvalue weighted by atomic mass is 19.1. The molecule has 0 aliphatic carbocycles. The molecule has 0 aromatic heterocycles. The molecule has 7 heteroatoms. The predicted octanol–water partition coefficient (Wildman–Crippen LogP) is 2.89. The Balaban J connectivity index is 2.18. The van der Waals surface area contributed by atoms with Gasteiger partial charge in [0.25, 0.3) is 0 Å². The number of hydrogen-bond acceptors (Lipinski definition) is 6. The van der Waals surface area contributed by atoms with Gasteiger partial charge in [0.2, 0.25) is 5.78 Å². The third-order valence-corrected chi connectivity index (χ3v) is 3.43. The Kier molecular flexibility index (Phi) is 5.94. The molecule has 0 heterocycles. The minimum absolute atomic E-state index is 0.0569. The van der Waals surface area contributed by atoms with Crippen LogP contribution in [0.5, 0.6) is 17.2 Å². The number of esters is 1. The minimum Gasteiger partial charge on any atom is -0.496 e. The fourth-order valence-electron chi connectivity index (χ4n) is 2.16. The van der Waals surface area contributed by atoms with E-state index in [9.17, 15) is 14.0 Å². The van der Waals surface area contributed by atoms with Gasteiger partial charge in [0.1, 0.15) is 17.1 Å². The normalized spacial score (nSPS) is 10.1. The van der Waals surface area contributed by atoms with E-state index in [1.165, 1.54) is 51.7 Å². The topological polar surface area (TPSA) is 71.1 Å². The van der Waals surface area contributed by atoms with Crippen molar-refractivity contribution in [3.8, 4) is 17.2 Å². The highest BCUT2D eigenvalue weighted by molar-refractivity contribution is 6.00. The molecule has 0 aliphatic rings. The Morgan fingerprint density at radius 2 is 1.48 bits per heavy atom. The Morgan fingerprint density at radius 3 is 2.08 bits per heavy atom. The summed E-state index contributed by atoms with van der Waals surface area (Å²) in [6.45, 7) is -0.600. The number of benzene rings is 2. The molecular weight excluding hydrogens is 331 g/mol. The number of halogens is 1. The van der Waals surface area contributed by atoms with Crippen LogP contribution in [0.3, 0.4) is 0 Å². The van der Waals surface area contributed by atoms with Gasteiger partial charge < -0.3 is 18.9 Å². The van der Waals surface area contributed by atoms with E-state index in [1.807, 2.05) is 0 Å². The van der Waals surface area contributed by atoms with Crippen LogP contribution in [0, 0.1) is 5.82 Å². The van der Waals surface area contributed by atoms with E-state index in [-0.39, 0.29) is 16.9 Å². The van der Waals surface area contributed by atoms with Crippen LogP contribution in [0.2, 0.25) is 0 Å². The third-order valence-electron chi connectivity index (χ3n) is 3.43. The number of carbonyl (C=O) groups is 2. The first kappa shape index (κ1) is 18.3. The van der Waals surface area contributed by atoms with E-state index in [2.05, 4.69) is 0 Å². The lowest BCUT2D eigenvalue weighted by Crippen LogP contribution is -2.16. The molecule has 0 saturated heterocycles. The molecule has 2 aromatic rings. The maximum absolute atomic E-state index is 13.6. The van der Waals surface area contributed by atoms with Crippen LogP contribution in [0.25, 0.3) is 0 Å². The number of rotatable bonds is 7. The molecule has 0 bridgehead atoms. The molecule has 132 valence electrons. The lowest BCUT2D eigenvalue weighted by atomic mass is 10.1. The Hall–Kier alpha value is -3.09. The molecule has 0 saturated carbocycles. The average molecular weight is 348 g/mol. The van der Waals surface area contributed by atoms with Crippen LogP contribution in [0.15, 0.2) is 36.4 Å². The summed E-state index contributed by atoms with van der Waals surface area (Å²) in [4.78, 5) is 24.3. The van der Waals surface area contributed by atoms with Gasteiger partial charge in [0.05, 0.1) is 26.9 Å². The summed E-state index contributed by atoms with van der Waals surface area (Å²) < 4.78 is 34.0. The fourth-order valence-corrected chi connectivity index (χ4v) is 2.16. The second-order valence-corrected chi connectivity index (χ2v) is 4.89. The predicted molar refractivity (Wildman–Crippen MR) is 87.1 cm³/mol. The van der Waals surface area contributed by atoms with Gasteiger partial charge in [0.15, 0.2) is 18.1 Å². The van der Waals surface area contributed by atoms with Gasteiger partial charge in [0, 0.05) is 12.1 Å².